The largest absolute Gasteiger partial charge is 0.379 e. The molecule has 1 amide bonds. The lowest BCUT2D eigenvalue weighted by molar-refractivity contribution is 0.0338. The zero-order valence-corrected chi connectivity index (χ0v) is 12.2. The summed E-state index contributed by atoms with van der Waals surface area (Å²) in [5, 5.41) is 0.147. The number of likely N-dealkylation sites (N-methyl/N-ethyl adjacent to an activating group) is 1. The zero-order valence-electron chi connectivity index (χ0n) is 11.4. The molecule has 1 aromatic carbocycles. The van der Waals surface area contributed by atoms with Gasteiger partial charge in [0.25, 0.3) is 5.91 Å². The zero-order chi connectivity index (χ0) is 14.5. The first-order valence-electron chi connectivity index (χ1n) is 6.59. The van der Waals surface area contributed by atoms with Crippen LogP contribution in [0.1, 0.15) is 10.4 Å². The Kier molecular flexibility index (Phi) is 5.34. The van der Waals surface area contributed by atoms with E-state index in [4.69, 9.17) is 16.3 Å². The topological polar surface area (TPSA) is 32.8 Å². The summed E-state index contributed by atoms with van der Waals surface area (Å²) in [6.07, 6.45) is 0. The molecule has 0 bridgehead atoms. The van der Waals surface area contributed by atoms with Crippen LogP contribution in [0.5, 0.6) is 0 Å². The first-order chi connectivity index (χ1) is 9.59. The molecular formula is C14H18ClFN2O2. The Labute approximate surface area is 123 Å². The highest BCUT2D eigenvalue weighted by Crippen LogP contribution is 2.20. The Morgan fingerprint density at radius 3 is 2.80 bits per heavy atom. The van der Waals surface area contributed by atoms with Crippen LogP contribution in [0.3, 0.4) is 0 Å². The normalized spacial score (nSPS) is 16.1. The van der Waals surface area contributed by atoms with Gasteiger partial charge in [0.15, 0.2) is 0 Å². The molecule has 1 aliphatic rings. The van der Waals surface area contributed by atoms with E-state index in [1.165, 1.54) is 23.1 Å². The van der Waals surface area contributed by atoms with Crippen LogP contribution in [-0.2, 0) is 4.74 Å². The maximum Gasteiger partial charge on any atom is 0.258 e. The summed E-state index contributed by atoms with van der Waals surface area (Å²) < 4.78 is 19.0. The van der Waals surface area contributed by atoms with E-state index in [9.17, 15) is 9.18 Å². The molecule has 1 aliphatic heterocycles. The summed E-state index contributed by atoms with van der Waals surface area (Å²) in [7, 11) is 1.66. The number of nitrogens with zero attached hydrogens (tertiary/aromatic N) is 2. The fraction of sp³-hybridized carbons (Fsp3) is 0.500. The van der Waals surface area contributed by atoms with E-state index in [1.54, 1.807) is 7.05 Å². The second kappa shape index (κ2) is 7.02. The molecule has 4 nitrogen and oxygen atoms in total. The lowest BCUT2D eigenvalue weighted by Crippen LogP contribution is -2.42. The van der Waals surface area contributed by atoms with Crippen LogP contribution in [0.25, 0.3) is 0 Å². The molecule has 0 radical (unpaired) electrons. The molecule has 1 aromatic rings. The predicted octanol–water partition coefficient (Wildman–Crippen LogP) is 1.88. The van der Waals surface area contributed by atoms with E-state index in [0.717, 1.165) is 32.8 Å². The van der Waals surface area contributed by atoms with Gasteiger partial charge >= 0.3 is 0 Å². The van der Waals surface area contributed by atoms with Crippen molar-refractivity contribution in [1.29, 1.82) is 0 Å². The van der Waals surface area contributed by atoms with Gasteiger partial charge in [-0.3, -0.25) is 9.69 Å². The number of benzene rings is 1. The quantitative estimate of drug-likeness (QED) is 0.851. The third-order valence-electron chi connectivity index (χ3n) is 3.38. The van der Waals surface area contributed by atoms with Crippen LogP contribution in [0.4, 0.5) is 4.39 Å². The molecule has 0 saturated carbocycles. The van der Waals surface area contributed by atoms with Crippen molar-refractivity contribution in [2.45, 2.75) is 0 Å². The van der Waals surface area contributed by atoms with Crippen LogP contribution in [-0.4, -0.2) is 62.1 Å². The number of hydrogen-bond acceptors (Lipinski definition) is 3. The molecule has 110 valence electrons. The van der Waals surface area contributed by atoms with Crippen molar-refractivity contribution in [1.82, 2.24) is 9.80 Å². The molecule has 0 aromatic heterocycles. The number of halogens is 2. The van der Waals surface area contributed by atoms with Crippen molar-refractivity contribution in [3.8, 4) is 0 Å². The number of rotatable bonds is 4. The fourth-order valence-corrected chi connectivity index (χ4v) is 2.35. The van der Waals surface area contributed by atoms with Gasteiger partial charge in [-0.05, 0) is 12.1 Å². The van der Waals surface area contributed by atoms with Crippen molar-refractivity contribution in [2.24, 2.45) is 0 Å². The summed E-state index contributed by atoms with van der Waals surface area (Å²) >= 11 is 5.90. The SMILES string of the molecule is CN(CCN1CCOCC1)C(=O)c1c(F)cccc1Cl. The molecule has 2 rings (SSSR count). The molecule has 20 heavy (non-hydrogen) atoms. The number of carbonyl (C=O) groups excluding carboxylic acids is 1. The molecule has 0 unspecified atom stereocenters. The summed E-state index contributed by atoms with van der Waals surface area (Å²) in [5.74, 6) is -0.970. The van der Waals surface area contributed by atoms with Crippen LogP contribution >= 0.6 is 11.6 Å². The van der Waals surface area contributed by atoms with Crippen molar-refractivity contribution >= 4 is 17.5 Å². The summed E-state index contributed by atoms with van der Waals surface area (Å²) in [6.45, 7) is 4.44. The molecule has 0 N–H and O–H groups in total. The lowest BCUT2D eigenvalue weighted by Gasteiger charge is -2.28. The molecule has 0 atom stereocenters. The van der Waals surface area contributed by atoms with E-state index in [2.05, 4.69) is 4.90 Å². The summed E-state index contributed by atoms with van der Waals surface area (Å²) in [6, 6.07) is 4.25. The monoisotopic (exact) mass is 300 g/mol. The van der Waals surface area contributed by atoms with Gasteiger partial charge in [-0.2, -0.15) is 0 Å². The average Bonchev–Trinajstić information content (AvgIpc) is 2.45. The molecule has 1 saturated heterocycles. The van der Waals surface area contributed by atoms with E-state index in [1.807, 2.05) is 0 Å². The van der Waals surface area contributed by atoms with Crippen LogP contribution in [0.2, 0.25) is 5.02 Å². The third-order valence-corrected chi connectivity index (χ3v) is 3.69. The van der Waals surface area contributed by atoms with Crippen molar-refractivity contribution in [3.05, 3.63) is 34.6 Å². The van der Waals surface area contributed by atoms with E-state index in [0.29, 0.717) is 6.54 Å². The second-order valence-corrected chi connectivity index (χ2v) is 5.18. The predicted molar refractivity (Wildman–Crippen MR) is 75.6 cm³/mol. The Morgan fingerprint density at radius 2 is 2.15 bits per heavy atom. The maximum absolute atomic E-state index is 13.7. The maximum atomic E-state index is 13.7. The van der Waals surface area contributed by atoms with Crippen molar-refractivity contribution < 1.29 is 13.9 Å². The fourth-order valence-electron chi connectivity index (χ4n) is 2.11. The Morgan fingerprint density at radius 1 is 1.45 bits per heavy atom. The Balaban J connectivity index is 1.94. The second-order valence-electron chi connectivity index (χ2n) is 4.78. The van der Waals surface area contributed by atoms with E-state index < -0.39 is 5.82 Å². The minimum atomic E-state index is -0.583. The summed E-state index contributed by atoms with van der Waals surface area (Å²) in [5.41, 5.74) is -0.0568. The van der Waals surface area contributed by atoms with Gasteiger partial charge in [0.1, 0.15) is 5.82 Å². The molecule has 6 heteroatoms. The first-order valence-corrected chi connectivity index (χ1v) is 6.97. The standard InChI is InChI=1S/C14H18ClFN2O2/c1-17(5-6-18-7-9-20-10-8-18)14(19)13-11(15)3-2-4-12(13)16/h2-4H,5-10H2,1H3. The molecule has 1 fully saturated rings. The Bertz CT molecular complexity index is 458. The van der Waals surface area contributed by atoms with Gasteiger partial charge < -0.3 is 9.64 Å². The number of ether oxygens (including phenoxy) is 1. The molecule has 0 spiro atoms. The number of hydrogen-bond donors (Lipinski definition) is 0. The van der Waals surface area contributed by atoms with Crippen molar-refractivity contribution in [3.63, 3.8) is 0 Å². The minimum Gasteiger partial charge on any atom is -0.379 e. The number of morpholine rings is 1. The highest BCUT2D eigenvalue weighted by atomic mass is 35.5. The smallest absolute Gasteiger partial charge is 0.258 e. The number of carbonyl (C=O) groups is 1. The van der Waals surface area contributed by atoms with Gasteiger partial charge in [0, 0.05) is 33.2 Å². The molecule has 1 heterocycles. The minimum absolute atomic E-state index is 0.0568. The average molecular weight is 301 g/mol. The van der Waals surface area contributed by atoms with Gasteiger partial charge in [-0.25, -0.2) is 4.39 Å². The number of amides is 1. The van der Waals surface area contributed by atoms with Crippen LogP contribution in [0.15, 0.2) is 18.2 Å². The lowest BCUT2D eigenvalue weighted by atomic mass is 10.2. The van der Waals surface area contributed by atoms with Crippen LogP contribution in [0, 0.1) is 5.82 Å². The molecule has 0 aliphatic carbocycles. The van der Waals surface area contributed by atoms with Gasteiger partial charge in [0.2, 0.25) is 0 Å². The van der Waals surface area contributed by atoms with Gasteiger partial charge in [-0.15, -0.1) is 0 Å². The first kappa shape index (κ1) is 15.2. The highest BCUT2D eigenvalue weighted by Gasteiger charge is 2.20. The van der Waals surface area contributed by atoms with E-state index in [-0.39, 0.29) is 16.5 Å². The molecular weight excluding hydrogens is 283 g/mol. The summed E-state index contributed by atoms with van der Waals surface area (Å²) in [4.78, 5) is 15.9. The third kappa shape index (κ3) is 3.69. The van der Waals surface area contributed by atoms with Gasteiger partial charge in [-0.1, -0.05) is 17.7 Å². The van der Waals surface area contributed by atoms with Gasteiger partial charge in [0.05, 0.1) is 23.8 Å². The van der Waals surface area contributed by atoms with Crippen molar-refractivity contribution in [2.75, 3.05) is 46.4 Å². The van der Waals surface area contributed by atoms with Crippen LogP contribution < -0.4 is 0 Å². The Hall–Kier alpha value is -1.17. The van der Waals surface area contributed by atoms with E-state index >= 15 is 0 Å². The highest BCUT2D eigenvalue weighted by molar-refractivity contribution is 6.33.